The fourth-order valence-corrected chi connectivity index (χ4v) is 2.14. The van der Waals surface area contributed by atoms with Crippen molar-refractivity contribution in [2.24, 2.45) is 5.92 Å². The normalized spacial score (nSPS) is 24.1. The molecule has 1 heterocycles. The molecule has 5 heteroatoms. The van der Waals surface area contributed by atoms with Crippen molar-refractivity contribution in [1.29, 1.82) is 0 Å². The Morgan fingerprint density at radius 3 is 2.83 bits per heavy atom. The van der Waals surface area contributed by atoms with Crippen molar-refractivity contribution in [2.75, 3.05) is 26.3 Å². The van der Waals surface area contributed by atoms with Crippen LogP contribution in [0.3, 0.4) is 0 Å². The Morgan fingerprint density at radius 1 is 1.39 bits per heavy atom. The van der Waals surface area contributed by atoms with Gasteiger partial charge >= 0.3 is 0 Å². The Morgan fingerprint density at radius 2 is 2.17 bits per heavy atom. The highest BCUT2D eigenvalue weighted by Crippen LogP contribution is 2.28. The van der Waals surface area contributed by atoms with E-state index in [-0.39, 0.29) is 17.9 Å². The summed E-state index contributed by atoms with van der Waals surface area (Å²) in [5, 5.41) is 3.11. The Kier molecular flexibility index (Phi) is 4.72. The maximum Gasteiger partial charge on any atom is 0.246 e. The molecule has 0 spiro atoms. The molecule has 1 saturated heterocycles. The van der Waals surface area contributed by atoms with Gasteiger partial charge in [-0.15, -0.1) is 0 Å². The number of hydrogen-bond acceptors (Lipinski definition) is 4. The molecule has 1 aliphatic carbocycles. The molecule has 2 fully saturated rings. The molecular formula is C13H22N2O3. The third-order valence-corrected chi connectivity index (χ3v) is 3.38. The number of imide groups is 1. The van der Waals surface area contributed by atoms with Crippen LogP contribution in [0.2, 0.25) is 0 Å². The molecular weight excluding hydrogens is 232 g/mol. The topological polar surface area (TPSA) is 58.6 Å². The lowest BCUT2D eigenvalue weighted by molar-refractivity contribution is -0.138. The van der Waals surface area contributed by atoms with E-state index in [9.17, 15) is 9.59 Å². The second-order valence-electron chi connectivity index (χ2n) is 5.11. The molecule has 5 nitrogen and oxygen atoms in total. The standard InChI is InChI=1S/C13H22N2O3/c1-2-6-15-12(16)8-11(13(15)17)14-5-7-18-9-10-3-4-10/h10-11,14H,2-9H2,1H3. The van der Waals surface area contributed by atoms with Crippen LogP contribution in [0.5, 0.6) is 0 Å². The Labute approximate surface area is 108 Å². The van der Waals surface area contributed by atoms with Crippen molar-refractivity contribution < 1.29 is 14.3 Å². The predicted molar refractivity (Wildman–Crippen MR) is 67.0 cm³/mol. The van der Waals surface area contributed by atoms with E-state index in [0.717, 1.165) is 18.9 Å². The average molecular weight is 254 g/mol. The van der Waals surface area contributed by atoms with Crippen LogP contribution in [0.4, 0.5) is 0 Å². The van der Waals surface area contributed by atoms with E-state index >= 15 is 0 Å². The first kappa shape index (κ1) is 13.5. The fraction of sp³-hybridized carbons (Fsp3) is 0.846. The van der Waals surface area contributed by atoms with E-state index < -0.39 is 0 Å². The SMILES string of the molecule is CCCN1C(=O)CC(NCCOCC2CC2)C1=O. The summed E-state index contributed by atoms with van der Waals surface area (Å²) in [6, 6.07) is -0.339. The van der Waals surface area contributed by atoms with Gasteiger partial charge in [-0.3, -0.25) is 14.5 Å². The highest BCUT2D eigenvalue weighted by molar-refractivity contribution is 6.05. The van der Waals surface area contributed by atoms with Crippen molar-refractivity contribution in [3.8, 4) is 0 Å². The fourth-order valence-electron chi connectivity index (χ4n) is 2.14. The first-order valence-electron chi connectivity index (χ1n) is 6.87. The van der Waals surface area contributed by atoms with Crippen molar-refractivity contribution in [3.05, 3.63) is 0 Å². The zero-order valence-electron chi connectivity index (χ0n) is 11.0. The van der Waals surface area contributed by atoms with Gasteiger partial charge in [0.05, 0.1) is 19.1 Å². The second-order valence-corrected chi connectivity index (χ2v) is 5.11. The summed E-state index contributed by atoms with van der Waals surface area (Å²) >= 11 is 0. The van der Waals surface area contributed by atoms with Gasteiger partial charge in [0, 0.05) is 19.7 Å². The summed E-state index contributed by atoms with van der Waals surface area (Å²) < 4.78 is 5.48. The van der Waals surface area contributed by atoms with Gasteiger partial charge in [-0.2, -0.15) is 0 Å². The number of nitrogens with one attached hydrogen (secondary N) is 1. The third kappa shape index (κ3) is 3.53. The summed E-state index contributed by atoms with van der Waals surface area (Å²) in [5.74, 6) is 0.627. The van der Waals surface area contributed by atoms with E-state index in [1.807, 2.05) is 6.92 Å². The summed E-state index contributed by atoms with van der Waals surface area (Å²) in [4.78, 5) is 24.9. The van der Waals surface area contributed by atoms with Gasteiger partial charge in [-0.1, -0.05) is 6.92 Å². The van der Waals surface area contributed by atoms with Crippen molar-refractivity contribution in [1.82, 2.24) is 10.2 Å². The van der Waals surface area contributed by atoms with Crippen LogP contribution in [0.15, 0.2) is 0 Å². The molecule has 0 aromatic carbocycles. The molecule has 2 amide bonds. The number of rotatable bonds is 8. The van der Waals surface area contributed by atoms with E-state index in [2.05, 4.69) is 5.32 Å². The summed E-state index contributed by atoms with van der Waals surface area (Å²) in [6.07, 6.45) is 3.68. The molecule has 102 valence electrons. The Balaban J connectivity index is 1.63. The monoisotopic (exact) mass is 254 g/mol. The number of ether oxygens (including phenoxy) is 1. The van der Waals surface area contributed by atoms with Crippen molar-refractivity contribution in [2.45, 2.75) is 38.6 Å². The van der Waals surface area contributed by atoms with Gasteiger partial charge in [0.1, 0.15) is 0 Å². The lowest BCUT2D eigenvalue weighted by Gasteiger charge is -2.14. The summed E-state index contributed by atoms with van der Waals surface area (Å²) in [6.45, 7) is 4.58. The van der Waals surface area contributed by atoms with Gasteiger partial charge in [0.25, 0.3) is 0 Å². The van der Waals surface area contributed by atoms with E-state index in [4.69, 9.17) is 4.74 Å². The minimum absolute atomic E-state index is 0.0572. The van der Waals surface area contributed by atoms with Crippen LogP contribution in [0.25, 0.3) is 0 Å². The van der Waals surface area contributed by atoms with E-state index in [0.29, 0.717) is 26.1 Å². The quantitative estimate of drug-likeness (QED) is 0.507. The molecule has 1 saturated carbocycles. The average Bonchev–Trinajstić information content (AvgIpc) is 3.13. The number of carbonyl (C=O) groups is 2. The minimum atomic E-state index is -0.339. The second kappa shape index (κ2) is 6.29. The van der Waals surface area contributed by atoms with Crippen LogP contribution in [0, 0.1) is 5.92 Å². The molecule has 2 aliphatic rings. The maximum absolute atomic E-state index is 11.9. The molecule has 1 atom stereocenters. The molecule has 0 aromatic rings. The third-order valence-electron chi connectivity index (χ3n) is 3.38. The molecule has 0 aromatic heterocycles. The summed E-state index contributed by atoms with van der Waals surface area (Å²) in [5.41, 5.74) is 0. The van der Waals surface area contributed by atoms with Gasteiger partial charge in [0.2, 0.25) is 11.8 Å². The Hall–Kier alpha value is -0.940. The molecule has 0 radical (unpaired) electrons. The van der Waals surface area contributed by atoms with Gasteiger partial charge in [0.15, 0.2) is 0 Å². The van der Waals surface area contributed by atoms with Crippen LogP contribution in [-0.2, 0) is 14.3 Å². The molecule has 1 N–H and O–H groups in total. The van der Waals surface area contributed by atoms with Crippen LogP contribution >= 0.6 is 0 Å². The van der Waals surface area contributed by atoms with Gasteiger partial charge in [-0.05, 0) is 25.2 Å². The van der Waals surface area contributed by atoms with Gasteiger partial charge in [-0.25, -0.2) is 0 Å². The lowest BCUT2D eigenvalue weighted by atomic mass is 10.2. The molecule has 18 heavy (non-hydrogen) atoms. The molecule has 2 rings (SSSR count). The number of amides is 2. The minimum Gasteiger partial charge on any atom is -0.380 e. The zero-order valence-corrected chi connectivity index (χ0v) is 11.0. The van der Waals surface area contributed by atoms with Crippen molar-refractivity contribution >= 4 is 11.8 Å². The summed E-state index contributed by atoms with van der Waals surface area (Å²) in [7, 11) is 0. The molecule has 0 bridgehead atoms. The largest absolute Gasteiger partial charge is 0.380 e. The number of nitrogens with zero attached hydrogens (tertiary/aromatic N) is 1. The van der Waals surface area contributed by atoms with Crippen LogP contribution in [-0.4, -0.2) is 49.1 Å². The highest BCUT2D eigenvalue weighted by Gasteiger charge is 2.37. The smallest absolute Gasteiger partial charge is 0.246 e. The van der Waals surface area contributed by atoms with Gasteiger partial charge < -0.3 is 10.1 Å². The van der Waals surface area contributed by atoms with Crippen LogP contribution in [0.1, 0.15) is 32.6 Å². The zero-order chi connectivity index (χ0) is 13.0. The maximum atomic E-state index is 11.9. The number of likely N-dealkylation sites (tertiary alicyclic amines) is 1. The Bertz CT molecular complexity index is 315. The van der Waals surface area contributed by atoms with E-state index in [1.165, 1.54) is 17.7 Å². The molecule has 1 unspecified atom stereocenters. The highest BCUT2D eigenvalue weighted by atomic mass is 16.5. The first-order valence-corrected chi connectivity index (χ1v) is 6.87. The number of carbonyl (C=O) groups excluding carboxylic acids is 2. The van der Waals surface area contributed by atoms with Crippen LogP contribution < -0.4 is 5.32 Å². The van der Waals surface area contributed by atoms with E-state index in [1.54, 1.807) is 0 Å². The first-order chi connectivity index (χ1) is 8.72. The predicted octanol–water partition coefficient (Wildman–Crippen LogP) is 0.540. The number of hydrogen-bond donors (Lipinski definition) is 1. The molecule has 1 aliphatic heterocycles. The lowest BCUT2D eigenvalue weighted by Crippen LogP contribution is -2.40. The van der Waals surface area contributed by atoms with Crippen molar-refractivity contribution in [3.63, 3.8) is 0 Å².